The molecule has 2 rings (SSSR count). The molecule has 1 unspecified atom stereocenters. The lowest BCUT2D eigenvalue weighted by molar-refractivity contribution is -0.385. The van der Waals surface area contributed by atoms with Gasteiger partial charge in [-0.2, -0.15) is 0 Å². The maximum atomic E-state index is 11.0. The molecule has 0 saturated carbocycles. The molecule has 1 aliphatic rings. The first kappa shape index (κ1) is 15.2. The average Bonchev–Trinajstić information content (AvgIpc) is 2.89. The number of nitrogens with one attached hydrogen (secondary N) is 1. The molecule has 0 amide bonds. The zero-order valence-corrected chi connectivity index (χ0v) is 12.4. The molecule has 1 heterocycles. The standard InChI is InChI=1S/C14H20ClN3O2/c1-11(10-17-6-2-3-7-17)16-9-12-8-13(15)4-5-14(12)18(19)20/h4-5,8,11,16H,2-3,6-7,9-10H2,1H3. The molecule has 1 atom stereocenters. The van der Waals surface area contributed by atoms with Gasteiger partial charge in [-0.15, -0.1) is 0 Å². The summed E-state index contributed by atoms with van der Waals surface area (Å²) in [5.74, 6) is 0. The minimum absolute atomic E-state index is 0.121. The van der Waals surface area contributed by atoms with Crippen LogP contribution in [0.1, 0.15) is 25.3 Å². The third kappa shape index (κ3) is 4.16. The van der Waals surface area contributed by atoms with Crippen molar-refractivity contribution in [3.63, 3.8) is 0 Å². The molecule has 1 aliphatic heterocycles. The van der Waals surface area contributed by atoms with Gasteiger partial charge in [-0.3, -0.25) is 10.1 Å². The van der Waals surface area contributed by atoms with Gasteiger partial charge in [0.05, 0.1) is 4.92 Å². The summed E-state index contributed by atoms with van der Waals surface area (Å²) in [6, 6.07) is 4.98. The summed E-state index contributed by atoms with van der Waals surface area (Å²) in [6.07, 6.45) is 2.54. The van der Waals surface area contributed by atoms with E-state index in [0.717, 1.165) is 19.6 Å². The van der Waals surface area contributed by atoms with Crippen molar-refractivity contribution in [2.24, 2.45) is 0 Å². The summed E-state index contributed by atoms with van der Waals surface area (Å²) in [6.45, 7) is 5.86. The van der Waals surface area contributed by atoms with Crippen molar-refractivity contribution >= 4 is 17.3 Å². The lowest BCUT2D eigenvalue weighted by Crippen LogP contribution is -2.37. The predicted molar refractivity (Wildman–Crippen MR) is 80.1 cm³/mol. The Morgan fingerprint density at radius 2 is 2.15 bits per heavy atom. The van der Waals surface area contributed by atoms with Crippen LogP contribution in [0.4, 0.5) is 5.69 Å². The van der Waals surface area contributed by atoms with E-state index in [0.29, 0.717) is 23.2 Å². The first-order valence-corrected chi connectivity index (χ1v) is 7.32. The van der Waals surface area contributed by atoms with E-state index in [2.05, 4.69) is 17.1 Å². The highest BCUT2D eigenvalue weighted by molar-refractivity contribution is 6.30. The topological polar surface area (TPSA) is 58.4 Å². The molecule has 0 bridgehead atoms. The first-order valence-electron chi connectivity index (χ1n) is 6.95. The van der Waals surface area contributed by atoms with Gasteiger partial charge < -0.3 is 10.2 Å². The quantitative estimate of drug-likeness (QED) is 0.648. The number of hydrogen-bond donors (Lipinski definition) is 1. The first-order chi connectivity index (χ1) is 9.56. The van der Waals surface area contributed by atoms with Crippen LogP contribution in [0.15, 0.2) is 18.2 Å². The van der Waals surface area contributed by atoms with E-state index in [4.69, 9.17) is 11.6 Å². The third-order valence-electron chi connectivity index (χ3n) is 3.61. The highest BCUT2D eigenvalue weighted by Crippen LogP contribution is 2.22. The summed E-state index contributed by atoms with van der Waals surface area (Å²) < 4.78 is 0. The molecule has 1 aromatic rings. The van der Waals surface area contributed by atoms with E-state index in [1.165, 1.54) is 18.9 Å². The van der Waals surface area contributed by atoms with Crippen LogP contribution in [0.2, 0.25) is 5.02 Å². The van der Waals surface area contributed by atoms with Gasteiger partial charge in [0, 0.05) is 35.8 Å². The average molecular weight is 298 g/mol. The monoisotopic (exact) mass is 297 g/mol. The fraction of sp³-hybridized carbons (Fsp3) is 0.571. The highest BCUT2D eigenvalue weighted by atomic mass is 35.5. The molecule has 1 saturated heterocycles. The van der Waals surface area contributed by atoms with Gasteiger partial charge in [0.15, 0.2) is 0 Å². The molecule has 20 heavy (non-hydrogen) atoms. The van der Waals surface area contributed by atoms with Crippen LogP contribution >= 0.6 is 11.6 Å². The molecule has 1 aromatic carbocycles. The Labute approximate surface area is 124 Å². The van der Waals surface area contributed by atoms with Gasteiger partial charge in [0.1, 0.15) is 0 Å². The van der Waals surface area contributed by atoms with E-state index in [1.54, 1.807) is 12.1 Å². The fourth-order valence-electron chi connectivity index (χ4n) is 2.58. The summed E-state index contributed by atoms with van der Waals surface area (Å²) in [7, 11) is 0. The SMILES string of the molecule is CC(CN1CCCC1)NCc1cc(Cl)ccc1[N+](=O)[O-]. The Morgan fingerprint density at radius 3 is 2.80 bits per heavy atom. The summed E-state index contributed by atoms with van der Waals surface area (Å²) in [5.41, 5.74) is 0.756. The van der Waals surface area contributed by atoms with Crippen LogP contribution in [-0.2, 0) is 6.54 Å². The summed E-state index contributed by atoms with van der Waals surface area (Å²) >= 11 is 5.92. The second kappa shape index (κ2) is 7.02. The molecule has 6 heteroatoms. The van der Waals surface area contributed by atoms with Gasteiger partial charge in [-0.1, -0.05) is 11.6 Å². The number of likely N-dealkylation sites (tertiary alicyclic amines) is 1. The summed E-state index contributed by atoms with van der Waals surface area (Å²) in [5, 5.41) is 14.9. The van der Waals surface area contributed by atoms with E-state index in [-0.39, 0.29) is 10.6 Å². The third-order valence-corrected chi connectivity index (χ3v) is 3.85. The number of nitrogens with zero attached hydrogens (tertiary/aromatic N) is 2. The van der Waals surface area contributed by atoms with Crippen LogP contribution in [0.25, 0.3) is 0 Å². The smallest absolute Gasteiger partial charge is 0.273 e. The van der Waals surface area contributed by atoms with Gasteiger partial charge in [-0.25, -0.2) is 0 Å². The second-order valence-corrected chi connectivity index (χ2v) is 5.76. The van der Waals surface area contributed by atoms with Crippen LogP contribution in [0.5, 0.6) is 0 Å². The minimum atomic E-state index is -0.363. The molecule has 0 aliphatic carbocycles. The maximum Gasteiger partial charge on any atom is 0.273 e. The van der Waals surface area contributed by atoms with Gasteiger partial charge in [0.25, 0.3) is 5.69 Å². The molecular weight excluding hydrogens is 278 g/mol. The largest absolute Gasteiger partial charge is 0.309 e. The maximum absolute atomic E-state index is 11.0. The molecule has 5 nitrogen and oxygen atoms in total. The summed E-state index contributed by atoms with van der Waals surface area (Å²) in [4.78, 5) is 13.0. The highest BCUT2D eigenvalue weighted by Gasteiger charge is 2.17. The normalized spacial score (nSPS) is 17.3. The second-order valence-electron chi connectivity index (χ2n) is 5.32. The number of hydrogen-bond acceptors (Lipinski definition) is 4. The van der Waals surface area contributed by atoms with Gasteiger partial charge in [0.2, 0.25) is 0 Å². The van der Waals surface area contributed by atoms with Crippen molar-refractivity contribution in [3.8, 4) is 0 Å². The van der Waals surface area contributed by atoms with Crippen molar-refractivity contribution in [1.82, 2.24) is 10.2 Å². The Balaban J connectivity index is 1.92. The van der Waals surface area contributed by atoms with Gasteiger partial charge >= 0.3 is 0 Å². The zero-order valence-electron chi connectivity index (χ0n) is 11.6. The molecule has 1 N–H and O–H groups in total. The van der Waals surface area contributed by atoms with Gasteiger partial charge in [-0.05, 0) is 45.0 Å². The number of benzene rings is 1. The molecule has 0 aromatic heterocycles. The number of nitro benzene ring substituents is 1. The van der Waals surface area contributed by atoms with Crippen molar-refractivity contribution in [2.45, 2.75) is 32.4 Å². The Hall–Kier alpha value is -1.17. The number of halogens is 1. The van der Waals surface area contributed by atoms with E-state index in [9.17, 15) is 10.1 Å². The molecule has 0 radical (unpaired) electrons. The zero-order chi connectivity index (χ0) is 14.5. The molecule has 1 fully saturated rings. The van der Waals surface area contributed by atoms with Crippen LogP contribution in [0.3, 0.4) is 0 Å². The van der Waals surface area contributed by atoms with Crippen molar-refractivity contribution in [2.75, 3.05) is 19.6 Å². The van der Waals surface area contributed by atoms with Crippen molar-refractivity contribution in [1.29, 1.82) is 0 Å². The number of nitro groups is 1. The van der Waals surface area contributed by atoms with Crippen molar-refractivity contribution in [3.05, 3.63) is 38.9 Å². The van der Waals surface area contributed by atoms with Crippen molar-refractivity contribution < 1.29 is 4.92 Å². The minimum Gasteiger partial charge on any atom is -0.309 e. The predicted octanol–water partition coefficient (Wildman–Crippen LogP) is 2.82. The van der Waals surface area contributed by atoms with Crippen LogP contribution < -0.4 is 5.32 Å². The van der Waals surface area contributed by atoms with Crippen LogP contribution in [-0.4, -0.2) is 35.5 Å². The molecule has 0 spiro atoms. The lowest BCUT2D eigenvalue weighted by atomic mass is 10.1. The Bertz CT molecular complexity index is 475. The number of rotatable bonds is 6. The Morgan fingerprint density at radius 1 is 1.45 bits per heavy atom. The Kier molecular flexibility index (Phi) is 5.34. The molecule has 110 valence electrons. The fourth-order valence-corrected chi connectivity index (χ4v) is 2.77. The molecular formula is C14H20ClN3O2. The van der Waals surface area contributed by atoms with E-state index >= 15 is 0 Å². The van der Waals surface area contributed by atoms with E-state index in [1.807, 2.05) is 0 Å². The van der Waals surface area contributed by atoms with Crippen LogP contribution in [0, 0.1) is 10.1 Å². The van der Waals surface area contributed by atoms with E-state index < -0.39 is 0 Å². The lowest BCUT2D eigenvalue weighted by Gasteiger charge is -2.21.